The number of hydrogen-bond donors (Lipinski definition) is 0. The largest absolute Gasteiger partial charge is 0.364 e. The fourth-order valence-corrected chi connectivity index (χ4v) is 3.54. The van der Waals surface area contributed by atoms with Crippen molar-refractivity contribution in [1.82, 2.24) is 24.5 Å². The SMILES string of the molecule is O=C(C1CCCc2nccn21)N1CCN(Cc2ccon2)CC1. The summed E-state index contributed by atoms with van der Waals surface area (Å²) in [7, 11) is 0. The standard InChI is InChI=1S/C16H21N5O2/c22-16(14-2-1-3-15-17-5-6-21(14)15)20-9-7-19(8-10-20)12-13-4-11-23-18-13/h4-6,11,14H,1-3,7-10,12H2. The van der Waals surface area contributed by atoms with Crippen molar-refractivity contribution in [3.8, 4) is 0 Å². The average molecular weight is 315 g/mol. The normalized spacial score (nSPS) is 22.1. The van der Waals surface area contributed by atoms with Crippen LogP contribution in [0, 0.1) is 0 Å². The van der Waals surface area contributed by atoms with Gasteiger partial charge in [0.1, 0.15) is 18.1 Å². The molecule has 122 valence electrons. The van der Waals surface area contributed by atoms with E-state index in [4.69, 9.17) is 4.52 Å². The lowest BCUT2D eigenvalue weighted by atomic mass is 10.0. The summed E-state index contributed by atoms with van der Waals surface area (Å²) < 4.78 is 6.93. The van der Waals surface area contributed by atoms with Gasteiger partial charge in [0, 0.05) is 57.6 Å². The van der Waals surface area contributed by atoms with E-state index in [2.05, 4.69) is 19.6 Å². The molecular formula is C16H21N5O2. The van der Waals surface area contributed by atoms with Crippen molar-refractivity contribution < 1.29 is 9.32 Å². The Bertz CT molecular complexity index is 658. The second kappa shape index (κ2) is 6.16. The van der Waals surface area contributed by atoms with Gasteiger partial charge in [-0.2, -0.15) is 0 Å². The van der Waals surface area contributed by atoms with Crippen LogP contribution in [-0.4, -0.2) is 56.6 Å². The zero-order valence-electron chi connectivity index (χ0n) is 13.1. The van der Waals surface area contributed by atoms with Gasteiger partial charge in [-0.3, -0.25) is 9.69 Å². The lowest BCUT2D eigenvalue weighted by Gasteiger charge is -2.37. The Hall–Kier alpha value is -2.15. The van der Waals surface area contributed by atoms with E-state index in [1.54, 1.807) is 12.5 Å². The summed E-state index contributed by atoms with van der Waals surface area (Å²) in [5.41, 5.74) is 0.945. The molecule has 1 unspecified atom stereocenters. The first-order chi connectivity index (χ1) is 11.3. The number of piperazine rings is 1. The molecule has 4 rings (SSSR count). The van der Waals surface area contributed by atoms with E-state index in [9.17, 15) is 4.79 Å². The number of hydrogen-bond acceptors (Lipinski definition) is 5. The smallest absolute Gasteiger partial charge is 0.245 e. The summed E-state index contributed by atoms with van der Waals surface area (Å²) in [6.45, 7) is 4.09. The molecule has 7 heteroatoms. The first-order valence-electron chi connectivity index (χ1n) is 8.23. The minimum Gasteiger partial charge on any atom is -0.364 e. The van der Waals surface area contributed by atoms with Gasteiger partial charge in [-0.25, -0.2) is 4.98 Å². The van der Waals surface area contributed by atoms with Crippen LogP contribution in [-0.2, 0) is 17.8 Å². The van der Waals surface area contributed by atoms with E-state index in [0.717, 1.165) is 63.5 Å². The highest BCUT2D eigenvalue weighted by molar-refractivity contribution is 5.80. The van der Waals surface area contributed by atoms with E-state index in [1.807, 2.05) is 17.2 Å². The average Bonchev–Trinajstić information content (AvgIpc) is 3.25. The maximum Gasteiger partial charge on any atom is 0.245 e. The maximum atomic E-state index is 12.9. The summed E-state index contributed by atoms with van der Waals surface area (Å²) in [5, 5.41) is 3.95. The maximum absolute atomic E-state index is 12.9. The van der Waals surface area contributed by atoms with Crippen LogP contribution >= 0.6 is 0 Å². The number of carbonyl (C=O) groups excluding carboxylic acids is 1. The number of fused-ring (bicyclic) bond motifs is 1. The molecule has 4 heterocycles. The van der Waals surface area contributed by atoms with Crippen molar-refractivity contribution in [2.45, 2.75) is 31.8 Å². The van der Waals surface area contributed by atoms with Crippen LogP contribution in [0.3, 0.4) is 0 Å². The number of aryl methyl sites for hydroxylation is 1. The molecule has 7 nitrogen and oxygen atoms in total. The van der Waals surface area contributed by atoms with Crippen LogP contribution in [0.15, 0.2) is 29.2 Å². The number of imidazole rings is 1. The molecule has 0 spiro atoms. The molecule has 0 N–H and O–H groups in total. The fraction of sp³-hybridized carbons (Fsp3) is 0.562. The molecule has 2 aliphatic rings. The Morgan fingerprint density at radius 1 is 1.30 bits per heavy atom. The minimum atomic E-state index is -0.0664. The molecule has 0 bridgehead atoms. The highest BCUT2D eigenvalue weighted by Crippen LogP contribution is 2.26. The van der Waals surface area contributed by atoms with Gasteiger partial charge in [-0.1, -0.05) is 5.16 Å². The fourth-order valence-electron chi connectivity index (χ4n) is 3.54. The van der Waals surface area contributed by atoms with Crippen molar-refractivity contribution in [2.75, 3.05) is 26.2 Å². The van der Waals surface area contributed by atoms with Crippen molar-refractivity contribution in [3.05, 3.63) is 36.2 Å². The lowest BCUT2D eigenvalue weighted by Crippen LogP contribution is -2.50. The molecule has 1 amide bonds. The Morgan fingerprint density at radius 2 is 2.17 bits per heavy atom. The minimum absolute atomic E-state index is 0.0664. The summed E-state index contributed by atoms with van der Waals surface area (Å²) in [5.74, 6) is 1.28. The molecular weight excluding hydrogens is 294 g/mol. The van der Waals surface area contributed by atoms with E-state index in [1.165, 1.54) is 0 Å². The van der Waals surface area contributed by atoms with Crippen LogP contribution in [0.25, 0.3) is 0 Å². The van der Waals surface area contributed by atoms with Gasteiger partial charge in [0.2, 0.25) is 5.91 Å². The Labute approximate surface area is 134 Å². The molecule has 0 aliphatic carbocycles. The zero-order valence-corrected chi connectivity index (χ0v) is 13.1. The van der Waals surface area contributed by atoms with Gasteiger partial charge in [-0.05, 0) is 12.8 Å². The lowest BCUT2D eigenvalue weighted by molar-refractivity contribution is -0.137. The zero-order chi connectivity index (χ0) is 15.6. The molecule has 1 fully saturated rings. The van der Waals surface area contributed by atoms with E-state index < -0.39 is 0 Å². The Kier molecular flexibility index (Phi) is 3.87. The quantitative estimate of drug-likeness (QED) is 0.848. The van der Waals surface area contributed by atoms with Crippen LogP contribution in [0.5, 0.6) is 0 Å². The first kappa shape index (κ1) is 14.4. The third-order valence-corrected chi connectivity index (χ3v) is 4.81. The van der Waals surface area contributed by atoms with Crippen LogP contribution in [0.2, 0.25) is 0 Å². The molecule has 2 aromatic rings. The number of rotatable bonds is 3. The second-order valence-corrected chi connectivity index (χ2v) is 6.25. The van der Waals surface area contributed by atoms with Gasteiger partial charge in [0.15, 0.2) is 0 Å². The second-order valence-electron chi connectivity index (χ2n) is 6.25. The molecule has 2 aromatic heterocycles. The molecule has 23 heavy (non-hydrogen) atoms. The van der Waals surface area contributed by atoms with E-state index in [-0.39, 0.29) is 11.9 Å². The third-order valence-electron chi connectivity index (χ3n) is 4.81. The summed E-state index contributed by atoms with van der Waals surface area (Å²) >= 11 is 0. The Morgan fingerprint density at radius 3 is 2.96 bits per heavy atom. The van der Waals surface area contributed by atoms with E-state index in [0.29, 0.717) is 0 Å². The molecule has 0 radical (unpaired) electrons. The van der Waals surface area contributed by atoms with Crippen LogP contribution in [0.4, 0.5) is 0 Å². The van der Waals surface area contributed by atoms with E-state index >= 15 is 0 Å². The molecule has 1 saturated heterocycles. The number of aromatic nitrogens is 3. The van der Waals surface area contributed by atoms with Crippen molar-refractivity contribution in [2.24, 2.45) is 0 Å². The highest BCUT2D eigenvalue weighted by atomic mass is 16.5. The highest BCUT2D eigenvalue weighted by Gasteiger charge is 2.31. The van der Waals surface area contributed by atoms with Gasteiger partial charge >= 0.3 is 0 Å². The predicted molar refractivity (Wildman–Crippen MR) is 82.6 cm³/mol. The van der Waals surface area contributed by atoms with Crippen molar-refractivity contribution in [1.29, 1.82) is 0 Å². The van der Waals surface area contributed by atoms with Gasteiger partial charge in [-0.15, -0.1) is 0 Å². The molecule has 2 aliphatic heterocycles. The van der Waals surface area contributed by atoms with Crippen LogP contribution < -0.4 is 0 Å². The monoisotopic (exact) mass is 315 g/mol. The predicted octanol–water partition coefficient (Wildman–Crippen LogP) is 1.09. The van der Waals surface area contributed by atoms with Crippen molar-refractivity contribution in [3.63, 3.8) is 0 Å². The van der Waals surface area contributed by atoms with Gasteiger partial charge in [0.05, 0.1) is 5.69 Å². The summed E-state index contributed by atoms with van der Waals surface area (Å²) in [6.07, 6.45) is 8.28. The van der Waals surface area contributed by atoms with Crippen molar-refractivity contribution >= 4 is 5.91 Å². The number of nitrogens with zero attached hydrogens (tertiary/aromatic N) is 5. The summed E-state index contributed by atoms with van der Waals surface area (Å²) in [6, 6.07) is 1.82. The topological polar surface area (TPSA) is 67.4 Å². The van der Waals surface area contributed by atoms with Gasteiger partial charge in [0.25, 0.3) is 0 Å². The summed E-state index contributed by atoms with van der Waals surface area (Å²) in [4.78, 5) is 21.5. The molecule has 0 aromatic carbocycles. The van der Waals surface area contributed by atoms with Crippen LogP contribution in [0.1, 0.15) is 30.4 Å². The number of amides is 1. The van der Waals surface area contributed by atoms with Gasteiger partial charge < -0.3 is 14.0 Å². The molecule has 0 saturated carbocycles. The molecule has 1 atom stereocenters. The first-order valence-corrected chi connectivity index (χ1v) is 8.23. The Balaban J connectivity index is 1.36. The number of carbonyl (C=O) groups is 1. The third kappa shape index (κ3) is 2.88.